The van der Waals surface area contributed by atoms with Crippen LogP contribution in [-0.2, 0) is 10.0 Å². The van der Waals surface area contributed by atoms with E-state index in [0.29, 0.717) is 21.5 Å². The van der Waals surface area contributed by atoms with Gasteiger partial charge in [-0.15, -0.1) is 11.3 Å². The average Bonchev–Trinajstić information content (AvgIpc) is 3.18. The van der Waals surface area contributed by atoms with Gasteiger partial charge in [-0.2, -0.15) is 0 Å². The lowest BCUT2D eigenvalue weighted by molar-refractivity contribution is 0.415. The maximum atomic E-state index is 12.7. The van der Waals surface area contributed by atoms with Gasteiger partial charge in [0.05, 0.1) is 12.8 Å². The number of aryl methyl sites for hydroxylation is 1. The molecule has 0 bridgehead atoms. The number of ether oxygens (including phenoxy) is 1. The van der Waals surface area contributed by atoms with Crippen LogP contribution in [0.5, 0.6) is 5.75 Å². The van der Waals surface area contributed by atoms with Crippen molar-refractivity contribution in [2.24, 2.45) is 0 Å². The number of rotatable bonds is 5. The Kier molecular flexibility index (Phi) is 4.66. The van der Waals surface area contributed by atoms with Crippen molar-refractivity contribution in [1.29, 1.82) is 0 Å². The molecule has 0 amide bonds. The number of aromatic nitrogens is 1. The summed E-state index contributed by atoms with van der Waals surface area (Å²) >= 11 is 4.39. The number of anilines is 1. The maximum absolute atomic E-state index is 12.7. The van der Waals surface area contributed by atoms with Crippen LogP contribution in [0.1, 0.15) is 5.69 Å². The van der Waals surface area contributed by atoms with Crippen molar-refractivity contribution in [3.8, 4) is 16.9 Å². The van der Waals surface area contributed by atoms with Crippen LogP contribution in [0.2, 0.25) is 0 Å². The zero-order valence-corrected chi connectivity index (χ0v) is 16.0. The predicted octanol–water partition coefficient (Wildman–Crippen LogP) is 4.28. The highest BCUT2D eigenvalue weighted by Crippen LogP contribution is 2.35. The molecule has 6 nitrogen and oxygen atoms in total. The summed E-state index contributed by atoms with van der Waals surface area (Å²) in [4.78, 5) is 0. The number of benzene rings is 1. The van der Waals surface area contributed by atoms with E-state index < -0.39 is 10.0 Å². The highest BCUT2D eigenvalue weighted by atomic mass is 79.9. The lowest BCUT2D eigenvalue weighted by atomic mass is 10.1. The Balaban J connectivity index is 1.97. The van der Waals surface area contributed by atoms with Gasteiger partial charge in [0.1, 0.15) is 14.4 Å². The van der Waals surface area contributed by atoms with E-state index in [2.05, 4.69) is 25.8 Å². The van der Waals surface area contributed by atoms with Crippen LogP contribution < -0.4 is 9.46 Å². The number of nitrogens with one attached hydrogen (secondary N) is 1. The Morgan fingerprint density at radius 2 is 1.96 bits per heavy atom. The van der Waals surface area contributed by atoms with Crippen molar-refractivity contribution in [2.45, 2.75) is 11.1 Å². The SMILES string of the molecule is COc1ccc(-c2ccsc2S(=O)(=O)Nc2onc(C)c2Br)cc1. The maximum Gasteiger partial charge on any atom is 0.274 e. The first-order valence-electron chi connectivity index (χ1n) is 6.79. The Labute approximate surface area is 151 Å². The molecule has 0 saturated carbocycles. The molecule has 0 radical (unpaired) electrons. The molecule has 2 aromatic heterocycles. The lowest BCUT2D eigenvalue weighted by Gasteiger charge is -2.07. The molecule has 9 heteroatoms. The predicted molar refractivity (Wildman–Crippen MR) is 96.1 cm³/mol. The second-order valence-electron chi connectivity index (χ2n) is 4.87. The van der Waals surface area contributed by atoms with E-state index in [4.69, 9.17) is 9.26 Å². The van der Waals surface area contributed by atoms with Gasteiger partial charge < -0.3 is 9.26 Å². The van der Waals surface area contributed by atoms with E-state index in [1.54, 1.807) is 37.6 Å². The summed E-state index contributed by atoms with van der Waals surface area (Å²) in [6.45, 7) is 1.71. The quantitative estimate of drug-likeness (QED) is 0.655. The number of methoxy groups -OCH3 is 1. The fourth-order valence-corrected chi connectivity index (χ4v) is 4.84. The van der Waals surface area contributed by atoms with Crippen LogP contribution in [0.3, 0.4) is 0 Å². The van der Waals surface area contributed by atoms with E-state index in [-0.39, 0.29) is 10.1 Å². The van der Waals surface area contributed by atoms with Gasteiger partial charge in [0.25, 0.3) is 15.9 Å². The smallest absolute Gasteiger partial charge is 0.274 e. The van der Waals surface area contributed by atoms with E-state index in [0.717, 1.165) is 16.9 Å². The molecule has 0 atom stereocenters. The largest absolute Gasteiger partial charge is 0.497 e. The third-order valence-corrected chi connectivity index (χ3v) is 7.04. The van der Waals surface area contributed by atoms with E-state index in [1.807, 2.05) is 12.1 Å². The minimum absolute atomic E-state index is 0.0570. The molecule has 0 unspecified atom stereocenters. The van der Waals surface area contributed by atoms with Gasteiger partial charge in [0.2, 0.25) is 0 Å². The second-order valence-corrected chi connectivity index (χ2v) is 8.45. The van der Waals surface area contributed by atoms with Gasteiger partial charge in [-0.3, -0.25) is 0 Å². The molecule has 0 fully saturated rings. The van der Waals surface area contributed by atoms with Crippen molar-refractivity contribution in [1.82, 2.24) is 5.16 Å². The normalized spacial score (nSPS) is 11.5. The number of sulfonamides is 1. The third-order valence-electron chi connectivity index (χ3n) is 3.29. The first-order chi connectivity index (χ1) is 11.4. The molecule has 0 spiro atoms. The molecule has 3 rings (SSSR count). The molecule has 1 N–H and O–H groups in total. The molecule has 1 aromatic carbocycles. The Hall–Kier alpha value is -1.84. The Morgan fingerprint density at radius 3 is 2.54 bits per heavy atom. The summed E-state index contributed by atoms with van der Waals surface area (Å²) in [5.41, 5.74) is 1.96. The molecule has 0 saturated heterocycles. The molecule has 3 aromatic rings. The van der Waals surface area contributed by atoms with Crippen molar-refractivity contribution in [2.75, 3.05) is 11.8 Å². The Bertz CT molecular complexity index is 962. The number of thiophene rings is 1. The standard InChI is InChI=1S/C15H13BrN2O4S2/c1-9-13(16)14(22-17-9)18-24(19,20)15-12(7-8-23-15)10-3-5-11(21-2)6-4-10/h3-8,18H,1-2H3. The van der Waals surface area contributed by atoms with Crippen LogP contribution in [0.15, 0.2) is 48.9 Å². The first-order valence-corrected chi connectivity index (χ1v) is 9.94. The van der Waals surface area contributed by atoms with Gasteiger partial charge in [-0.25, -0.2) is 13.1 Å². The molecule has 0 aliphatic carbocycles. The topological polar surface area (TPSA) is 81.4 Å². The Morgan fingerprint density at radius 1 is 1.25 bits per heavy atom. The van der Waals surface area contributed by atoms with Gasteiger partial charge >= 0.3 is 0 Å². The van der Waals surface area contributed by atoms with E-state index in [9.17, 15) is 8.42 Å². The van der Waals surface area contributed by atoms with Crippen molar-refractivity contribution in [3.63, 3.8) is 0 Å². The summed E-state index contributed by atoms with van der Waals surface area (Å²) in [5.74, 6) is 0.763. The van der Waals surface area contributed by atoms with Crippen LogP contribution in [-0.4, -0.2) is 20.7 Å². The molecule has 24 heavy (non-hydrogen) atoms. The van der Waals surface area contributed by atoms with Gasteiger partial charge in [0.15, 0.2) is 0 Å². The van der Waals surface area contributed by atoms with E-state index in [1.165, 1.54) is 0 Å². The summed E-state index contributed by atoms with van der Waals surface area (Å²) in [6.07, 6.45) is 0. The van der Waals surface area contributed by atoms with Crippen LogP contribution in [0.25, 0.3) is 11.1 Å². The number of nitrogens with zero attached hydrogens (tertiary/aromatic N) is 1. The number of hydrogen-bond donors (Lipinski definition) is 1. The summed E-state index contributed by atoms with van der Waals surface area (Å²) in [6, 6.07) is 8.96. The molecule has 2 heterocycles. The van der Waals surface area contributed by atoms with Gasteiger partial charge in [0, 0.05) is 5.56 Å². The fraction of sp³-hybridized carbons (Fsp3) is 0.133. The minimum Gasteiger partial charge on any atom is -0.497 e. The van der Waals surface area contributed by atoms with Gasteiger partial charge in [-0.05, 0) is 52.0 Å². The van der Waals surface area contributed by atoms with Gasteiger partial charge in [-0.1, -0.05) is 17.3 Å². The highest BCUT2D eigenvalue weighted by molar-refractivity contribution is 9.10. The fourth-order valence-electron chi connectivity index (χ4n) is 2.08. The summed E-state index contributed by atoms with van der Waals surface area (Å²) < 4.78 is 38.7. The van der Waals surface area contributed by atoms with Crippen LogP contribution in [0.4, 0.5) is 5.88 Å². The second kappa shape index (κ2) is 6.58. The summed E-state index contributed by atoms with van der Waals surface area (Å²) in [5, 5.41) is 5.45. The molecular weight excluding hydrogens is 416 g/mol. The molecular formula is C15H13BrN2O4S2. The monoisotopic (exact) mass is 428 g/mol. The zero-order chi connectivity index (χ0) is 17.3. The van der Waals surface area contributed by atoms with E-state index >= 15 is 0 Å². The minimum atomic E-state index is -3.80. The van der Waals surface area contributed by atoms with Crippen molar-refractivity contribution >= 4 is 43.2 Å². The molecule has 0 aliphatic heterocycles. The molecule has 126 valence electrons. The first kappa shape index (κ1) is 17.0. The summed E-state index contributed by atoms with van der Waals surface area (Å²) in [7, 11) is -2.22. The number of halogens is 1. The van der Waals surface area contributed by atoms with Crippen molar-refractivity contribution in [3.05, 3.63) is 45.9 Å². The van der Waals surface area contributed by atoms with Crippen LogP contribution >= 0.6 is 27.3 Å². The van der Waals surface area contributed by atoms with Crippen LogP contribution in [0, 0.1) is 6.92 Å². The average molecular weight is 429 g/mol. The lowest BCUT2D eigenvalue weighted by Crippen LogP contribution is -2.12. The number of hydrogen-bond acceptors (Lipinski definition) is 6. The third kappa shape index (κ3) is 3.19. The highest BCUT2D eigenvalue weighted by Gasteiger charge is 2.24. The zero-order valence-electron chi connectivity index (χ0n) is 12.7. The van der Waals surface area contributed by atoms with Crippen molar-refractivity contribution < 1.29 is 17.7 Å². The molecule has 0 aliphatic rings.